The van der Waals surface area contributed by atoms with E-state index >= 15 is 0 Å². The molecular formula is C26H27ClFN3. The Morgan fingerprint density at radius 2 is 1.84 bits per heavy atom. The third kappa shape index (κ3) is 4.97. The summed E-state index contributed by atoms with van der Waals surface area (Å²) in [6.45, 7) is 4.37. The summed E-state index contributed by atoms with van der Waals surface area (Å²) in [6.07, 6.45) is 3.56. The monoisotopic (exact) mass is 435 g/mol. The van der Waals surface area contributed by atoms with Crippen molar-refractivity contribution in [2.45, 2.75) is 44.8 Å². The fraction of sp³-hybridized carbons (Fsp3) is 0.269. The predicted octanol–water partition coefficient (Wildman–Crippen LogP) is 6.66. The number of allylic oxidation sites excluding steroid dienone is 1. The molecule has 0 saturated carbocycles. The Bertz CT molecular complexity index is 1050. The normalized spacial score (nSPS) is 19.7. The minimum atomic E-state index is -0.331. The quantitative estimate of drug-likeness (QED) is 0.454. The Hall–Kier alpha value is -2.69. The Labute approximate surface area is 188 Å². The van der Waals surface area contributed by atoms with E-state index in [0.717, 1.165) is 24.1 Å². The molecule has 2 heterocycles. The zero-order valence-electron chi connectivity index (χ0n) is 17.8. The Balaban J connectivity index is 1.63. The molecule has 2 unspecified atom stereocenters. The SMILES string of the molecule is CC1=C(CC[C@@H](C)c2ccccc2)NC(c2ccccn2)NC1c1ccc(F)cc1Cl. The fourth-order valence-corrected chi connectivity index (χ4v) is 4.42. The first-order valence-corrected chi connectivity index (χ1v) is 11.0. The molecule has 2 N–H and O–H groups in total. The molecule has 0 radical (unpaired) electrons. The average Bonchev–Trinajstić information content (AvgIpc) is 2.80. The van der Waals surface area contributed by atoms with Crippen LogP contribution in [0.25, 0.3) is 0 Å². The summed E-state index contributed by atoms with van der Waals surface area (Å²) in [6, 6.07) is 21.0. The second-order valence-electron chi connectivity index (χ2n) is 8.11. The van der Waals surface area contributed by atoms with Crippen LogP contribution in [0.3, 0.4) is 0 Å². The zero-order chi connectivity index (χ0) is 21.8. The lowest BCUT2D eigenvalue weighted by Gasteiger charge is -2.36. The van der Waals surface area contributed by atoms with Crippen molar-refractivity contribution >= 4 is 11.6 Å². The lowest BCUT2D eigenvalue weighted by Crippen LogP contribution is -2.42. The minimum Gasteiger partial charge on any atom is -0.368 e. The van der Waals surface area contributed by atoms with Gasteiger partial charge in [-0.1, -0.05) is 61.0 Å². The first-order chi connectivity index (χ1) is 15.0. The van der Waals surface area contributed by atoms with E-state index in [1.165, 1.54) is 29.0 Å². The molecule has 5 heteroatoms. The number of benzene rings is 2. The lowest BCUT2D eigenvalue weighted by molar-refractivity contribution is 0.381. The molecule has 3 atom stereocenters. The molecule has 1 aliphatic heterocycles. The molecule has 0 fully saturated rings. The highest BCUT2D eigenvalue weighted by Gasteiger charge is 2.29. The maximum atomic E-state index is 13.7. The van der Waals surface area contributed by atoms with Crippen molar-refractivity contribution in [3.8, 4) is 0 Å². The largest absolute Gasteiger partial charge is 0.368 e. The number of aromatic nitrogens is 1. The molecule has 0 spiro atoms. The summed E-state index contributed by atoms with van der Waals surface area (Å²) < 4.78 is 13.7. The first-order valence-electron chi connectivity index (χ1n) is 10.7. The van der Waals surface area contributed by atoms with E-state index in [-0.39, 0.29) is 18.0 Å². The maximum Gasteiger partial charge on any atom is 0.124 e. The highest BCUT2D eigenvalue weighted by Crippen LogP contribution is 2.36. The van der Waals surface area contributed by atoms with Gasteiger partial charge in [0.25, 0.3) is 0 Å². The first kappa shape index (κ1) is 21.5. The van der Waals surface area contributed by atoms with E-state index in [9.17, 15) is 4.39 Å². The number of hydrogen-bond donors (Lipinski definition) is 2. The van der Waals surface area contributed by atoms with E-state index in [2.05, 4.69) is 53.7 Å². The fourth-order valence-electron chi connectivity index (χ4n) is 4.14. The van der Waals surface area contributed by atoms with Gasteiger partial charge in [0.15, 0.2) is 0 Å². The molecule has 1 aromatic heterocycles. The van der Waals surface area contributed by atoms with Gasteiger partial charge in [-0.05, 0) is 66.6 Å². The van der Waals surface area contributed by atoms with Crippen LogP contribution < -0.4 is 10.6 Å². The third-order valence-corrected chi connectivity index (χ3v) is 6.34. The molecule has 0 amide bonds. The zero-order valence-corrected chi connectivity index (χ0v) is 18.5. The van der Waals surface area contributed by atoms with Crippen molar-refractivity contribution in [2.24, 2.45) is 0 Å². The second-order valence-corrected chi connectivity index (χ2v) is 8.52. The highest BCUT2D eigenvalue weighted by atomic mass is 35.5. The van der Waals surface area contributed by atoms with E-state index in [4.69, 9.17) is 11.6 Å². The standard InChI is InChI=1S/C26H27ClFN3/c1-17(19-8-4-3-5-9-19)11-14-23-18(2)25(21-13-12-20(28)16-22(21)27)31-26(30-23)24-10-6-7-15-29-24/h3-10,12-13,15-17,25-26,30-31H,11,14H2,1-2H3/t17-,25?,26?/m1/s1. The molecule has 3 nitrogen and oxygen atoms in total. The number of pyridine rings is 1. The van der Waals surface area contributed by atoms with Gasteiger partial charge in [-0.2, -0.15) is 0 Å². The maximum absolute atomic E-state index is 13.7. The Kier molecular flexibility index (Phi) is 6.69. The van der Waals surface area contributed by atoms with Crippen LogP contribution >= 0.6 is 11.6 Å². The van der Waals surface area contributed by atoms with Crippen LogP contribution in [-0.4, -0.2) is 4.98 Å². The summed E-state index contributed by atoms with van der Waals surface area (Å²) in [7, 11) is 0. The molecule has 4 rings (SSSR count). The van der Waals surface area contributed by atoms with Gasteiger partial charge in [0.05, 0.1) is 11.7 Å². The number of halogens is 2. The summed E-state index contributed by atoms with van der Waals surface area (Å²) >= 11 is 6.44. The van der Waals surface area contributed by atoms with Gasteiger partial charge in [0.2, 0.25) is 0 Å². The Morgan fingerprint density at radius 1 is 1.06 bits per heavy atom. The number of rotatable bonds is 6. The van der Waals surface area contributed by atoms with Crippen molar-refractivity contribution in [3.05, 3.63) is 112 Å². The second kappa shape index (κ2) is 9.63. The van der Waals surface area contributed by atoms with Crippen LogP contribution in [0.15, 0.2) is 84.2 Å². The van der Waals surface area contributed by atoms with Crippen molar-refractivity contribution in [2.75, 3.05) is 0 Å². The summed E-state index contributed by atoms with van der Waals surface area (Å²) in [5.41, 5.74) is 5.47. The summed E-state index contributed by atoms with van der Waals surface area (Å²) in [5.74, 6) is 0.113. The van der Waals surface area contributed by atoms with E-state index in [0.29, 0.717) is 10.9 Å². The van der Waals surface area contributed by atoms with Gasteiger partial charge in [-0.3, -0.25) is 10.3 Å². The molecule has 0 saturated heterocycles. The van der Waals surface area contributed by atoms with Gasteiger partial charge in [-0.25, -0.2) is 4.39 Å². The smallest absolute Gasteiger partial charge is 0.124 e. The van der Waals surface area contributed by atoms with Crippen molar-refractivity contribution in [1.82, 2.24) is 15.6 Å². The van der Waals surface area contributed by atoms with Crippen LogP contribution in [0.2, 0.25) is 5.02 Å². The number of nitrogens with one attached hydrogen (secondary N) is 2. The van der Waals surface area contributed by atoms with Gasteiger partial charge >= 0.3 is 0 Å². The molecule has 160 valence electrons. The average molecular weight is 436 g/mol. The van der Waals surface area contributed by atoms with Crippen LogP contribution in [0.5, 0.6) is 0 Å². The van der Waals surface area contributed by atoms with Crippen LogP contribution in [-0.2, 0) is 0 Å². The molecule has 31 heavy (non-hydrogen) atoms. The molecular weight excluding hydrogens is 409 g/mol. The Morgan fingerprint density at radius 3 is 2.55 bits per heavy atom. The molecule has 3 aromatic rings. The lowest BCUT2D eigenvalue weighted by atomic mass is 9.90. The van der Waals surface area contributed by atoms with Crippen LogP contribution in [0.4, 0.5) is 4.39 Å². The van der Waals surface area contributed by atoms with Crippen molar-refractivity contribution in [1.29, 1.82) is 0 Å². The number of hydrogen-bond acceptors (Lipinski definition) is 3. The van der Waals surface area contributed by atoms with Gasteiger partial charge in [0, 0.05) is 16.9 Å². The molecule has 2 aromatic carbocycles. The van der Waals surface area contributed by atoms with Crippen LogP contribution in [0.1, 0.15) is 61.6 Å². The topological polar surface area (TPSA) is 37.0 Å². The van der Waals surface area contributed by atoms with Gasteiger partial charge in [0.1, 0.15) is 12.0 Å². The van der Waals surface area contributed by atoms with E-state index < -0.39 is 0 Å². The summed E-state index contributed by atoms with van der Waals surface area (Å²) in [5, 5.41) is 7.68. The molecule has 0 bridgehead atoms. The molecule has 1 aliphatic rings. The third-order valence-electron chi connectivity index (χ3n) is 6.01. The van der Waals surface area contributed by atoms with Crippen molar-refractivity contribution in [3.63, 3.8) is 0 Å². The molecule has 0 aliphatic carbocycles. The van der Waals surface area contributed by atoms with E-state index in [1.54, 1.807) is 12.3 Å². The van der Waals surface area contributed by atoms with Gasteiger partial charge < -0.3 is 5.32 Å². The summed E-state index contributed by atoms with van der Waals surface area (Å²) in [4.78, 5) is 4.53. The predicted molar refractivity (Wildman–Crippen MR) is 124 cm³/mol. The van der Waals surface area contributed by atoms with Gasteiger partial charge in [-0.15, -0.1) is 0 Å². The highest BCUT2D eigenvalue weighted by molar-refractivity contribution is 6.31. The van der Waals surface area contributed by atoms with Crippen molar-refractivity contribution < 1.29 is 4.39 Å². The minimum absolute atomic E-state index is 0.122. The van der Waals surface area contributed by atoms with E-state index in [1.807, 2.05) is 24.3 Å². The van der Waals surface area contributed by atoms with Crippen LogP contribution in [0, 0.1) is 5.82 Å². The number of nitrogens with zero attached hydrogens (tertiary/aromatic N) is 1.